The SMILES string of the molecule is CC(C)CC=C=CCC(C)C. The fraction of sp³-hybridized carbons (Fsp3) is 0.727. The van der Waals surface area contributed by atoms with E-state index < -0.39 is 0 Å². The van der Waals surface area contributed by atoms with E-state index in [1.165, 1.54) is 0 Å². The summed E-state index contributed by atoms with van der Waals surface area (Å²) < 4.78 is 0. The zero-order chi connectivity index (χ0) is 8.69. The summed E-state index contributed by atoms with van der Waals surface area (Å²) in [5.41, 5.74) is 3.20. The van der Waals surface area contributed by atoms with Crippen LogP contribution >= 0.6 is 0 Å². The van der Waals surface area contributed by atoms with Gasteiger partial charge in [0.2, 0.25) is 0 Å². The molecule has 0 bridgehead atoms. The van der Waals surface area contributed by atoms with Gasteiger partial charge < -0.3 is 0 Å². The summed E-state index contributed by atoms with van der Waals surface area (Å²) in [6.45, 7) is 8.89. The highest BCUT2D eigenvalue weighted by atomic mass is 13.9. The van der Waals surface area contributed by atoms with Gasteiger partial charge in [0.15, 0.2) is 0 Å². The molecule has 0 amide bonds. The Hall–Kier alpha value is -0.480. The number of allylic oxidation sites excluding steroid dienone is 1. The molecule has 11 heavy (non-hydrogen) atoms. The lowest BCUT2D eigenvalue weighted by atomic mass is 10.1. The van der Waals surface area contributed by atoms with Crippen molar-refractivity contribution in [3.63, 3.8) is 0 Å². The molecule has 0 atom stereocenters. The topological polar surface area (TPSA) is 0 Å². The lowest BCUT2D eigenvalue weighted by Gasteiger charge is -1.95. The van der Waals surface area contributed by atoms with Crippen LogP contribution in [-0.2, 0) is 0 Å². The molecule has 0 N–H and O–H groups in total. The molecule has 0 unspecified atom stereocenters. The van der Waals surface area contributed by atoms with Gasteiger partial charge in [-0.2, -0.15) is 0 Å². The predicted octanol–water partition coefficient (Wildman–Crippen LogP) is 3.79. The van der Waals surface area contributed by atoms with Crippen molar-refractivity contribution < 1.29 is 0 Å². The largest absolute Gasteiger partial charge is 0.130 e. The lowest BCUT2D eigenvalue weighted by Crippen LogP contribution is -1.81. The van der Waals surface area contributed by atoms with E-state index in [2.05, 4.69) is 45.6 Å². The molecular weight excluding hydrogens is 132 g/mol. The molecule has 0 aromatic carbocycles. The number of hydrogen-bond acceptors (Lipinski definition) is 0. The van der Waals surface area contributed by atoms with Crippen molar-refractivity contribution in [3.05, 3.63) is 17.9 Å². The van der Waals surface area contributed by atoms with E-state index >= 15 is 0 Å². The van der Waals surface area contributed by atoms with E-state index in [0.717, 1.165) is 24.7 Å². The summed E-state index contributed by atoms with van der Waals surface area (Å²) in [6, 6.07) is 0. The van der Waals surface area contributed by atoms with Crippen molar-refractivity contribution >= 4 is 0 Å². The zero-order valence-corrected chi connectivity index (χ0v) is 8.22. The van der Waals surface area contributed by atoms with Crippen LogP contribution in [0.5, 0.6) is 0 Å². The van der Waals surface area contributed by atoms with Gasteiger partial charge in [0.1, 0.15) is 0 Å². The van der Waals surface area contributed by atoms with Crippen LogP contribution in [0.15, 0.2) is 17.9 Å². The molecule has 0 saturated carbocycles. The highest BCUT2D eigenvalue weighted by Crippen LogP contribution is 2.01. The van der Waals surface area contributed by atoms with Crippen LogP contribution in [0.2, 0.25) is 0 Å². The highest BCUT2D eigenvalue weighted by Gasteiger charge is 1.86. The first kappa shape index (κ1) is 10.5. The summed E-state index contributed by atoms with van der Waals surface area (Å²) in [7, 11) is 0. The van der Waals surface area contributed by atoms with Gasteiger partial charge in [-0.1, -0.05) is 27.7 Å². The average Bonchev–Trinajstić information content (AvgIpc) is 1.85. The van der Waals surface area contributed by atoms with Crippen LogP contribution in [0.1, 0.15) is 40.5 Å². The van der Waals surface area contributed by atoms with Crippen molar-refractivity contribution in [2.24, 2.45) is 11.8 Å². The molecule has 0 radical (unpaired) electrons. The van der Waals surface area contributed by atoms with Crippen molar-refractivity contribution in [2.45, 2.75) is 40.5 Å². The molecule has 0 aliphatic carbocycles. The van der Waals surface area contributed by atoms with Crippen LogP contribution in [0, 0.1) is 11.8 Å². The molecule has 0 heterocycles. The van der Waals surface area contributed by atoms with Crippen molar-refractivity contribution in [3.8, 4) is 0 Å². The van der Waals surface area contributed by atoms with Gasteiger partial charge in [0, 0.05) is 0 Å². The number of hydrogen-bond donors (Lipinski definition) is 0. The fourth-order valence-corrected chi connectivity index (χ4v) is 0.691. The van der Waals surface area contributed by atoms with E-state index in [-0.39, 0.29) is 0 Å². The second-order valence-corrected chi connectivity index (χ2v) is 3.83. The summed E-state index contributed by atoms with van der Waals surface area (Å²) in [6.07, 6.45) is 6.56. The van der Waals surface area contributed by atoms with Crippen molar-refractivity contribution in [2.75, 3.05) is 0 Å². The molecule has 0 aliphatic heterocycles. The number of rotatable bonds is 4. The molecule has 0 fully saturated rings. The Kier molecular flexibility index (Phi) is 5.97. The standard InChI is InChI=1S/C11H20/c1-10(2)8-6-5-7-9-11(3)4/h6-7,10-11H,8-9H2,1-4H3. The Bertz CT molecular complexity index is 120. The summed E-state index contributed by atoms with van der Waals surface area (Å²) in [5, 5.41) is 0. The molecule has 0 aliphatic rings. The molecule has 64 valence electrons. The lowest BCUT2D eigenvalue weighted by molar-refractivity contribution is 0.659. The normalized spacial score (nSPS) is 10.0. The van der Waals surface area contributed by atoms with Crippen molar-refractivity contribution in [1.82, 2.24) is 0 Å². The van der Waals surface area contributed by atoms with Crippen LogP contribution < -0.4 is 0 Å². The third-order valence-corrected chi connectivity index (χ3v) is 1.41. The quantitative estimate of drug-likeness (QED) is 0.538. The second kappa shape index (κ2) is 6.24. The minimum Gasteiger partial charge on any atom is -0.130 e. The molecule has 0 aromatic heterocycles. The summed E-state index contributed by atoms with van der Waals surface area (Å²) in [4.78, 5) is 0. The first-order chi connectivity index (χ1) is 5.13. The minimum atomic E-state index is 0.759. The average molecular weight is 152 g/mol. The smallest absolute Gasteiger partial charge is 0.0251 e. The molecular formula is C11H20. The molecule has 0 heteroatoms. The van der Waals surface area contributed by atoms with Crippen LogP contribution in [0.25, 0.3) is 0 Å². The third-order valence-electron chi connectivity index (χ3n) is 1.41. The summed E-state index contributed by atoms with van der Waals surface area (Å²) in [5.74, 6) is 1.52. The Labute approximate surface area is 71.0 Å². The molecule has 0 rings (SSSR count). The Balaban J connectivity index is 3.47. The Morgan fingerprint density at radius 3 is 1.55 bits per heavy atom. The Morgan fingerprint density at radius 2 is 1.27 bits per heavy atom. The maximum Gasteiger partial charge on any atom is -0.0251 e. The van der Waals surface area contributed by atoms with E-state index in [4.69, 9.17) is 0 Å². The van der Waals surface area contributed by atoms with E-state index in [9.17, 15) is 0 Å². The fourth-order valence-electron chi connectivity index (χ4n) is 0.691. The van der Waals surface area contributed by atoms with E-state index in [0.29, 0.717) is 0 Å². The van der Waals surface area contributed by atoms with E-state index in [1.807, 2.05) is 0 Å². The first-order valence-corrected chi connectivity index (χ1v) is 4.52. The van der Waals surface area contributed by atoms with Gasteiger partial charge in [-0.05, 0) is 36.8 Å². The van der Waals surface area contributed by atoms with Gasteiger partial charge >= 0.3 is 0 Å². The minimum absolute atomic E-state index is 0.759. The predicted molar refractivity (Wildman–Crippen MR) is 51.6 cm³/mol. The van der Waals surface area contributed by atoms with Crippen LogP contribution in [-0.4, -0.2) is 0 Å². The second-order valence-electron chi connectivity index (χ2n) is 3.83. The van der Waals surface area contributed by atoms with Gasteiger partial charge in [-0.25, -0.2) is 0 Å². The van der Waals surface area contributed by atoms with Gasteiger partial charge in [0.05, 0.1) is 0 Å². The maximum atomic E-state index is 3.20. The maximum absolute atomic E-state index is 3.20. The van der Waals surface area contributed by atoms with E-state index in [1.54, 1.807) is 0 Å². The van der Waals surface area contributed by atoms with Gasteiger partial charge in [0.25, 0.3) is 0 Å². The molecule has 0 spiro atoms. The molecule has 0 saturated heterocycles. The van der Waals surface area contributed by atoms with Crippen LogP contribution in [0.3, 0.4) is 0 Å². The monoisotopic (exact) mass is 152 g/mol. The molecule has 0 aromatic rings. The first-order valence-electron chi connectivity index (χ1n) is 4.52. The van der Waals surface area contributed by atoms with Crippen molar-refractivity contribution in [1.29, 1.82) is 0 Å². The highest BCUT2D eigenvalue weighted by molar-refractivity contribution is 4.85. The molecule has 0 nitrogen and oxygen atoms in total. The van der Waals surface area contributed by atoms with Crippen LogP contribution in [0.4, 0.5) is 0 Å². The summed E-state index contributed by atoms with van der Waals surface area (Å²) >= 11 is 0. The zero-order valence-electron chi connectivity index (χ0n) is 8.22. The van der Waals surface area contributed by atoms with Gasteiger partial charge in [-0.15, -0.1) is 5.73 Å². The van der Waals surface area contributed by atoms with Gasteiger partial charge in [-0.3, -0.25) is 0 Å². The third kappa shape index (κ3) is 9.52. The Morgan fingerprint density at radius 1 is 0.909 bits per heavy atom.